The molecule has 0 bridgehead atoms. The lowest BCUT2D eigenvalue weighted by atomic mass is 10.1. The van der Waals surface area contributed by atoms with Crippen LogP contribution in [0.2, 0.25) is 0 Å². The molecule has 0 fully saturated rings. The summed E-state index contributed by atoms with van der Waals surface area (Å²) in [6.45, 7) is 7.88. The van der Waals surface area contributed by atoms with Crippen LogP contribution in [0.1, 0.15) is 54.3 Å². The first-order valence-electron chi connectivity index (χ1n) is 9.35. The van der Waals surface area contributed by atoms with Gasteiger partial charge >= 0.3 is 0 Å². The fourth-order valence-corrected chi connectivity index (χ4v) is 2.89. The highest BCUT2D eigenvalue weighted by Gasteiger charge is 2.16. The normalized spacial score (nSPS) is 11.1. The molecule has 3 aromatic rings. The molecule has 3 rings (SSSR count). The molecule has 142 valence electrons. The van der Waals surface area contributed by atoms with Crippen molar-refractivity contribution in [1.29, 1.82) is 0 Å². The molecule has 1 aromatic carbocycles. The smallest absolute Gasteiger partial charge is 0.269 e. The van der Waals surface area contributed by atoms with Gasteiger partial charge in [-0.25, -0.2) is 0 Å². The Morgan fingerprint density at radius 1 is 1.22 bits per heavy atom. The van der Waals surface area contributed by atoms with E-state index in [4.69, 9.17) is 0 Å². The second-order valence-electron chi connectivity index (χ2n) is 6.78. The van der Waals surface area contributed by atoms with Crippen molar-refractivity contribution in [2.75, 3.05) is 0 Å². The number of amides is 1. The van der Waals surface area contributed by atoms with Gasteiger partial charge in [-0.1, -0.05) is 44.2 Å². The van der Waals surface area contributed by atoms with Gasteiger partial charge in [-0.2, -0.15) is 5.10 Å². The molecule has 0 aliphatic heterocycles. The van der Waals surface area contributed by atoms with Crippen LogP contribution in [0.25, 0.3) is 0 Å². The third-order valence-electron chi connectivity index (χ3n) is 4.51. The molecule has 27 heavy (non-hydrogen) atoms. The molecule has 0 spiro atoms. The monoisotopic (exact) mass is 366 g/mol. The SMILES string of the molecule is CCn1nc(C(C)C)cc1C(=O)NCc1nncn1CCc1ccccc1. The van der Waals surface area contributed by atoms with Crippen LogP contribution >= 0.6 is 0 Å². The summed E-state index contributed by atoms with van der Waals surface area (Å²) < 4.78 is 3.72. The van der Waals surface area contributed by atoms with Crippen LogP contribution < -0.4 is 5.32 Å². The molecule has 0 aliphatic rings. The van der Waals surface area contributed by atoms with E-state index in [0.29, 0.717) is 18.8 Å². The van der Waals surface area contributed by atoms with E-state index in [9.17, 15) is 4.79 Å². The van der Waals surface area contributed by atoms with E-state index in [2.05, 4.69) is 46.6 Å². The third kappa shape index (κ3) is 4.61. The van der Waals surface area contributed by atoms with Gasteiger partial charge in [-0.3, -0.25) is 9.48 Å². The highest BCUT2D eigenvalue weighted by Crippen LogP contribution is 2.14. The zero-order valence-electron chi connectivity index (χ0n) is 16.1. The topological polar surface area (TPSA) is 77.6 Å². The van der Waals surface area contributed by atoms with Gasteiger partial charge in [0.25, 0.3) is 5.91 Å². The van der Waals surface area contributed by atoms with Crippen LogP contribution in [-0.2, 0) is 26.1 Å². The predicted octanol–water partition coefficient (Wildman–Crippen LogP) is 2.79. The zero-order valence-corrected chi connectivity index (χ0v) is 16.1. The summed E-state index contributed by atoms with van der Waals surface area (Å²) >= 11 is 0. The summed E-state index contributed by atoms with van der Waals surface area (Å²) in [5.74, 6) is 0.880. The summed E-state index contributed by atoms with van der Waals surface area (Å²) in [5.41, 5.74) is 2.76. The lowest BCUT2D eigenvalue weighted by molar-refractivity contribution is 0.0938. The van der Waals surface area contributed by atoms with E-state index in [-0.39, 0.29) is 11.8 Å². The van der Waals surface area contributed by atoms with Crippen molar-refractivity contribution in [3.63, 3.8) is 0 Å². The van der Waals surface area contributed by atoms with Gasteiger partial charge in [0.2, 0.25) is 0 Å². The van der Waals surface area contributed by atoms with E-state index in [1.54, 1.807) is 11.0 Å². The fraction of sp³-hybridized carbons (Fsp3) is 0.400. The first-order chi connectivity index (χ1) is 13.1. The number of carbonyl (C=O) groups is 1. The summed E-state index contributed by atoms with van der Waals surface area (Å²) in [7, 11) is 0. The predicted molar refractivity (Wildman–Crippen MR) is 103 cm³/mol. The molecular weight excluding hydrogens is 340 g/mol. The van der Waals surface area contributed by atoms with Gasteiger partial charge in [0.15, 0.2) is 5.82 Å². The highest BCUT2D eigenvalue weighted by atomic mass is 16.2. The molecule has 1 N–H and O–H groups in total. The number of nitrogens with zero attached hydrogens (tertiary/aromatic N) is 5. The van der Waals surface area contributed by atoms with Gasteiger partial charge in [0.1, 0.15) is 12.0 Å². The molecule has 0 saturated heterocycles. The summed E-state index contributed by atoms with van der Waals surface area (Å²) in [5, 5.41) is 15.6. The van der Waals surface area contributed by atoms with Crippen molar-refractivity contribution in [2.24, 2.45) is 0 Å². The van der Waals surface area contributed by atoms with E-state index >= 15 is 0 Å². The Morgan fingerprint density at radius 2 is 2.00 bits per heavy atom. The molecule has 7 nitrogen and oxygen atoms in total. The van der Waals surface area contributed by atoms with Crippen LogP contribution in [0.5, 0.6) is 0 Å². The molecule has 0 unspecified atom stereocenters. The Morgan fingerprint density at radius 3 is 2.70 bits per heavy atom. The van der Waals surface area contributed by atoms with Crippen LogP contribution in [-0.4, -0.2) is 30.5 Å². The molecule has 0 aliphatic carbocycles. The van der Waals surface area contributed by atoms with Crippen molar-refractivity contribution in [3.05, 3.63) is 65.5 Å². The number of rotatable bonds is 8. The highest BCUT2D eigenvalue weighted by molar-refractivity contribution is 5.92. The number of aromatic nitrogens is 5. The number of nitrogens with one attached hydrogen (secondary N) is 1. The lowest BCUT2D eigenvalue weighted by Gasteiger charge is -2.09. The molecule has 2 aromatic heterocycles. The summed E-state index contributed by atoms with van der Waals surface area (Å²) in [4.78, 5) is 12.6. The maximum Gasteiger partial charge on any atom is 0.269 e. The largest absolute Gasteiger partial charge is 0.343 e. The maximum absolute atomic E-state index is 12.6. The number of carbonyl (C=O) groups excluding carboxylic acids is 1. The minimum Gasteiger partial charge on any atom is -0.343 e. The number of hydrogen-bond acceptors (Lipinski definition) is 4. The molecule has 0 atom stereocenters. The van der Waals surface area contributed by atoms with E-state index in [1.807, 2.05) is 35.8 Å². The minimum atomic E-state index is -0.145. The van der Waals surface area contributed by atoms with Gasteiger partial charge in [0.05, 0.1) is 12.2 Å². The third-order valence-corrected chi connectivity index (χ3v) is 4.51. The molecular formula is C20H26N6O. The zero-order chi connectivity index (χ0) is 19.2. The Kier molecular flexibility index (Phi) is 6.01. The van der Waals surface area contributed by atoms with Crippen molar-refractivity contribution in [1.82, 2.24) is 29.9 Å². The fourth-order valence-electron chi connectivity index (χ4n) is 2.89. The Hall–Kier alpha value is -2.96. The van der Waals surface area contributed by atoms with Gasteiger partial charge in [0, 0.05) is 13.1 Å². The van der Waals surface area contributed by atoms with Gasteiger partial charge in [-0.05, 0) is 30.9 Å². The van der Waals surface area contributed by atoms with Crippen molar-refractivity contribution in [2.45, 2.75) is 52.7 Å². The van der Waals surface area contributed by atoms with E-state index in [0.717, 1.165) is 24.5 Å². The van der Waals surface area contributed by atoms with Crippen LogP contribution in [0.4, 0.5) is 0 Å². The standard InChI is InChI=1S/C20H26N6O/c1-4-26-18(12-17(24-26)15(2)3)20(27)21-13-19-23-22-14-25(19)11-10-16-8-6-5-7-9-16/h5-9,12,14-15H,4,10-11,13H2,1-3H3,(H,21,27). The quantitative estimate of drug-likeness (QED) is 0.665. The second-order valence-corrected chi connectivity index (χ2v) is 6.78. The average Bonchev–Trinajstić information content (AvgIpc) is 3.32. The Balaban J connectivity index is 1.62. The van der Waals surface area contributed by atoms with E-state index < -0.39 is 0 Å². The van der Waals surface area contributed by atoms with Crippen LogP contribution in [0.15, 0.2) is 42.7 Å². The first kappa shape index (κ1) is 18.8. The van der Waals surface area contributed by atoms with E-state index in [1.165, 1.54) is 5.56 Å². The van der Waals surface area contributed by atoms with Crippen molar-refractivity contribution in [3.8, 4) is 0 Å². The second kappa shape index (κ2) is 8.62. The molecule has 0 saturated carbocycles. The number of benzene rings is 1. The molecule has 0 radical (unpaired) electrons. The van der Waals surface area contributed by atoms with Crippen LogP contribution in [0, 0.1) is 0 Å². The molecule has 2 heterocycles. The van der Waals surface area contributed by atoms with Crippen LogP contribution in [0.3, 0.4) is 0 Å². The lowest BCUT2D eigenvalue weighted by Crippen LogP contribution is -2.27. The minimum absolute atomic E-state index is 0.145. The first-order valence-corrected chi connectivity index (χ1v) is 9.35. The summed E-state index contributed by atoms with van der Waals surface area (Å²) in [6, 6.07) is 12.1. The Labute approximate surface area is 159 Å². The molecule has 7 heteroatoms. The van der Waals surface area contributed by atoms with Crippen molar-refractivity contribution < 1.29 is 4.79 Å². The average molecular weight is 366 g/mol. The summed E-state index contributed by atoms with van der Waals surface area (Å²) in [6.07, 6.45) is 2.60. The number of hydrogen-bond donors (Lipinski definition) is 1. The number of aryl methyl sites for hydroxylation is 3. The Bertz CT molecular complexity index is 881. The maximum atomic E-state index is 12.6. The molecule has 1 amide bonds. The van der Waals surface area contributed by atoms with Crippen molar-refractivity contribution >= 4 is 5.91 Å². The van der Waals surface area contributed by atoms with Gasteiger partial charge in [-0.15, -0.1) is 10.2 Å². The van der Waals surface area contributed by atoms with Gasteiger partial charge < -0.3 is 9.88 Å².